The zero-order valence-corrected chi connectivity index (χ0v) is 15.5. The molecule has 0 fully saturated rings. The predicted octanol–water partition coefficient (Wildman–Crippen LogP) is 3.45. The number of hydrogen-bond donors (Lipinski definition) is 4. The van der Waals surface area contributed by atoms with Gasteiger partial charge in [-0.3, -0.25) is 5.41 Å². The minimum atomic E-state index is -3.60. The Morgan fingerprint density at radius 3 is 1.71 bits per heavy atom. The summed E-state index contributed by atoms with van der Waals surface area (Å²) >= 11 is 0. The van der Waals surface area contributed by atoms with Crippen molar-refractivity contribution >= 4 is 33.1 Å². The number of nitrogens with two attached hydrogens (primary N) is 1. The highest BCUT2D eigenvalue weighted by Crippen LogP contribution is 2.22. The van der Waals surface area contributed by atoms with E-state index in [1.807, 2.05) is 0 Å². The Bertz CT molecular complexity index is 1090. The van der Waals surface area contributed by atoms with Crippen molar-refractivity contribution < 1.29 is 13.2 Å². The van der Waals surface area contributed by atoms with E-state index in [0.29, 0.717) is 16.9 Å². The Hall–Kier alpha value is -3.65. The highest BCUT2D eigenvalue weighted by atomic mass is 32.2. The van der Waals surface area contributed by atoms with E-state index in [0.717, 1.165) is 0 Å². The Kier molecular flexibility index (Phi) is 5.42. The first-order valence-corrected chi connectivity index (χ1v) is 9.77. The van der Waals surface area contributed by atoms with E-state index in [2.05, 4.69) is 10.6 Å². The molecule has 0 spiro atoms. The van der Waals surface area contributed by atoms with E-state index in [4.69, 9.17) is 11.1 Å². The van der Waals surface area contributed by atoms with Crippen LogP contribution in [0.1, 0.15) is 5.56 Å². The van der Waals surface area contributed by atoms with Gasteiger partial charge in [0, 0.05) is 16.9 Å². The fourth-order valence-corrected chi connectivity index (χ4v) is 3.76. The van der Waals surface area contributed by atoms with Crippen molar-refractivity contribution in [2.24, 2.45) is 5.73 Å². The normalized spacial score (nSPS) is 10.9. The molecule has 3 aromatic rings. The largest absolute Gasteiger partial charge is 0.384 e. The van der Waals surface area contributed by atoms with Gasteiger partial charge in [-0.15, -0.1) is 0 Å². The Balaban J connectivity index is 1.67. The molecule has 0 aliphatic heterocycles. The Morgan fingerprint density at radius 2 is 1.21 bits per heavy atom. The van der Waals surface area contributed by atoms with Gasteiger partial charge in [-0.2, -0.15) is 0 Å². The smallest absolute Gasteiger partial charge is 0.323 e. The van der Waals surface area contributed by atoms with Crippen LogP contribution in [0.2, 0.25) is 0 Å². The van der Waals surface area contributed by atoms with Crippen LogP contribution in [0.15, 0.2) is 88.7 Å². The van der Waals surface area contributed by atoms with E-state index < -0.39 is 15.9 Å². The van der Waals surface area contributed by atoms with E-state index in [-0.39, 0.29) is 15.6 Å². The topological polar surface area (TPSA) is 125 Å². The molecule has 28 heavy (non-hydrogen) atoms. The molecule has 7 nitrogen and oxygen atoms in total. The first kappa shape index (κ1) is 19.1. The number of nitrogens with one attached hydrogen (secondary N) is 3. The molecule has 0 saturated carbocycles. The van der Waals surface area contributed by atoms with E-state index >= 15 is 0 Å². The van der Waals surface area contributed by atoms with Crippen molar-refractivity contribution in [1.29, 1.82) is 5.41 Å². The molecule has 0 heterocycles. The lowest BCUT2D eigenvalue weighted by molar-refractivity contribution is 0.262. The van der Waals surface area contributed by atoms with Gasteiger partial charge in [0.25, 0.3) is 0 Å². The molecular formula is C20H18N4O3S. The monoisotopic (exact) mass is 394 g/mol. The van der Waals surface area contributed by atoms with Crippen LogP contribution in [0.5, 0.6) is 0 Å². The van der Waals surface area contributed by atoms with Gasteiger partial charge in [0.1, 0.15) is 5.84 Å². The summed E-state index contributed by atoms with van der Waals surface area (Å²) in [4.78, 5) is 12.5. The second-order valence-electron chi connectivity index (χ2n) is 5.91. The fourth-order valence-electron chi connectivity index (χ4n) is 2.48. The van der Waals surface area contributed by atoms with Crippen LogP contribution in [0, 0.1) is 5.41 Å². The summed E-state index contributed by atoms with van der Waals surface area (Å²) in [5, 5.41) is 12.6. The summed E-state index contributed by atoms with van der Waals surface area (Å²) in [5.74, 6) is -0.0541. The lowest BCUT2D eigenvalue weighted by atomic mass is 10.2. The maximum absolute atomic E-state index is 12.6. The zero-order chi connectivity index (χ0) is 20.1. The summed E-state index contributed by atoms with van der Waals surface area (Å²) in [7, 11) is -3.60. The number of sulfone groups is 1. The molecular weight excluding hydrogens is 376 g/mol. The summed E-state index contributed by atoms with van der Waals surface area (Å²) in [6, 6.07) is 20.1. The van der Waals surface area contributed by atoms with Gasteiger partial charge >= 0.3 is 6.03 Å². The quantitative estimate of drug-likeness (QED) is 0.391. The minimum Gasteiger partial charge on any atom is -0.384 e. The number of benzene rings is 3. The van der Waals surface area contributed by atoms with Crippen molar-refractivity contribution in [3.8, 4) is 0 Å². The van der Waals surface area contributed by atoms with Crippen molar-refractivity contribution in [2.45, 2.75) is 9.79 Å². The number of carbonyl (C=O) groups is 1. The second-order valence-corrected chi connectivity index (χ2v) is 7.86. The molecule has 0 radical (unpaired) electrons. The van der Waals surface area contributed by atoms with Crippen LogP contribution in [0.4, 0.5) is 16.2 Å². The Labute approximate surface area is 162 Å². The maximum Gasteiger partial charge on any atom is 0.323 e. The van der Waals surface area contributed by atoms with Gasteiger partial charge in [-0.1, -0.05) is 18.2 Å². The molecule has 142 valence electrons. The van der Waals surface area contributed by atoms with Crippen molar-refractivity contribution in [1.82, 2.24) is 0 Å². The number of hydrogen-bond acceptors (Lipinski definition) is 4. The summed E-state index contributed by atoms with van der Waals surface area (Å²) in [6.07, 6.45) is 0. The van der Waals surface area contributed by atoms with Crippen molar-refractivity contribution in [3.63, 3.8) is 0 Å². The highest BCUT2D eigenvalue weighted by Gasteiger charge is 2.17. The van der Waals surface area contributed by atoms with E-state index in [1.54, 1.807) is 42.5 Å². The molecule has 0 aliphatic rings. The van der Waals surface area contributed by atoms with Crippen molar-refractivity contribution in [3.05, 3.63) is 84.4 Å². The number of rotatable bonds is 5. The summed E-state index contributed by atoms with van der Waals surface area (Å²) < 4.78 is 25.1. The van der Waals surface area contributed by atoms with E-state index in [1.165, 1.54) is 36.4 Å². The number of amides is 2. The number of nitrogen functional groups attached to an aromatic ring is 1. The zero-order valence-electron chi connectivity index (χ0n) is 14.7. The molecule has 3 rings (SSSR count). The van der Waals surface area contributed by atoms with Gasteiger partial charge < -0.3 is 16.4 Å². The average molecular weight is 394 g/mol. The lowest BCUT2D eigenvalue weighted by Crippen LogP contribution is -2.19. The van der Waals surface area contributed by atoms with E-state index in [9.17, 15) is 13.2 Å². The average Bonchev–Trinajstić information content (AvgIpc) is 2.69. The molecule has 0 bridgehead atoms. The third kappa shape index (κ3) is 4.36. The summed E-state index contributed by atoms with van der Waals surface area (Å²) in [6.45, 7) is 0. The standard InChI is InChI=1S/C20H18N4O3S/c21-19(22)14-6-8-15(9-7-14)23-20(25)24-16-10-12-18(13-11-16)28(26,27)17-4-2-1-3-5-17/h1-13H,(H3,21,22)(H2,23,24,25). The molecule has 0 aliphatic carbocycles. The fraction of sp³-hybridized carbons (Fsp3) is 0. The van der Waals surface area contributed by atoms with Crippen LogP contribution < -0.4 is 16.4 Å². The maximum atomic E-state index is 12.6. The van der Waals surface area contributed by atoms with Crippen LogP contribution in [0.25, 0.3) is 0 Å². The molecule has 8 heteroatoms. The first-order valence-electron chi connectivity index (χ1n) is 8.29. The second kappa shape index (κ2) is 7.93. The first-order chi connectivity index (χ1) is 13.4. The molecule has 0 unspecified atom stereocenters. The van der Waals surface area contributed by atoms with Crippen LogP contribution in [0.3, 0.4) is 0 Å². The van der Waals surface area contributed by atoms with Gasteiger partial charge in [0.15, 0.2) is 0 Å². The Morgan fingerprint density at radius 1 is 0.750 bits per heavy atom. The third-order valence-corrected chi connectivity index (χ3v) is 5.72. The lowest BCUT2D eigenvalue weighted by Gasteiger charge is -2.09. The van der Waals surface area contributed by atoms with Crippen LogP contribution >= 0.6 is 0 Å². The number of urea groups is 1. The molecule has 5 N–H and O–H groups in total. The van der Waals surface area contributed by atoms with Crippen LogP contribution in [-0.2, 0) is 9.84 Å². The van der Waals surface area contributed by atoms with Gasteiger partial charge in [0.2, 0.25) is 9.84 Å². The molecule has 0 atom stereocenters. The SMILES string of the molecule is N=C(N)c1ccc(NC(=O)Nc2ccc(S(=O)(=O)c3ccccc3)cc2)cc1. The predicted molar refractivity (Wildman–Crippen MR) is 108 cm³/mol. The van der Waals surface area contributed by atoms with Gasteiger partial charge in [0.05, 0.1) is 9.79 Å². The molecule has 0 aromatic heterocycles. The third-order valence-electron chi connectivity index (χ3n) is 3.93. The van der Waals surface area contributed by atoms with Gasteiger partial charge in [-0.05, 0) is 60.7 Å². The minimum absolute atomic E-state index is 0.0541. The number of carbonyl (C=O) groups excluding carboxylic acids is 1. The van der Waals surface area contributed by atoms with Crippen molar-refractivity contribution in [2.75, 3.05) is 10.6 Å². The molecule has 0 saturated heterocycles. The summed E-state index contributed by atoms with van der Waals surface area (Å²) in [5.41, 5.74) is 6.93. The number of anilines is 2. The number of amidine groups is 1. The highest BCUT2D eigenvalue weighted by molar-refractivity contribution is 7.91. The van der Waals surface area contributed by atoms with Crippen LogP contribution in [-0.4, -0.2) is 20.3 Å². The molecule has 3 aromatic carbocycles. The molecule has 2 amide bonds. The van der Waals surface area contributed by atoms with Gasteiger partial charge in [-0.25, -0.2) is 13.2 Å².